The lowest BCUT2D eigenvalue weighted by atomic mass is 10.1. The first-order valence-corrected chi connectivity index (χ1v) is 5.90. The molecule has 0 atom stereocenters. The molecule has 0 aromatic carbocycles. The van der Waals surface area contributed by atoms with Crippen LogP contribution in [0.25, 0.3) is 0 Å². The van der Waals surface area contributed by atoms with E-state index in [1.54, 1.807) is 0 Å². The minimum Gasteiger partial charge on any atom is -0.376 e. The first kappa shape index (κ1) is 10.1. The fourth-order valence-electron chi connectivity index (χ4n) is 1.72. The van der Waals surface area contributed by atoms with Crippen LogP contribution in [0.1, 0.15) is 25.7 Å². The minimum absolute atomic E-state index is 0.406. The van der Waals surface area contributed by atoms with Crippen LogP contribution >= 0.6 is 24.0 Å². The number of nitrogens with two attached hydrogens (primary N) is 1. The van der Waals surface area contributed by atoms with Crippen LogP contribution in [-0.4, -0.2) is 22.7 Å². The lowest BCUT2D eigenvalue weighted by Crippen LogP contribution is -2.40. The molecule has 2 nitrogen and oxygen atoms in total. The highest BCUT2D eigenvalue weighted by Crippen LogP contribution is 2.39. The van der Waals surface area contributed by atoms with Gasteiger partial charge in [-0.25, -0.2) is 0 Å². The van der Waals surface area contributed by atoms with Gasteiger partial charge in [0.05, 0.1) is 0 Å². The summed E-state index contributed by atoms with van der Waals surface area (Å²) in [5.74, 6) is 0. The third-order valence-electron chi connectivity index (χ3n) is 2.53. The summed E-state index contributed by atoms with van der Waals surface area (Å²) < 4.78 is 0.406. The van der Waals surface area contributed by atoms with Gasteiger partial charge in [-0.2, -0.15) is 11.8 Å². The first-order chi connectivity index (χ1) is 5.68. The van der Waals surface area contributed by atoms with Gasteiger partial charge in [0.2, 0.25) is 0 Å². The normalized spacial score (nSPS) is 20.8. The zero-order valence-electron chi connectivity index (χ0n) is 7.43. The van der Waals surface area contributed by atoms with Crippen LogP contribution in [0.5, 0.6) is 0 Å². The molecule has 1 aliphatic rings. The summed E-state index contributed by atoms with van der Waals surface area (Å²) in [6.45, 7) is 0.934. The maximum Gasteiger partial charge on any atom is 0.163 e. The van der Waals surface area contributed by atoms with Crippen molar-refractivity contribution in [2.75, 3.05) is 12.8 Å². The molecular formula is C8H16N2S2. The smallest absolute Gasteiger partial charge is 0.163 e. The van der Waals surface area contributed by atoms with Crippen molar-refractivity contribution in [3.05, 3.63) is 0 Å². The number of thioether (sulfide) groups is 1. The van der Waals surface area contributed by atoms with Gasteiger partial charge in [-0.3, -0.25) is 0 Å². The summed E-state index contributed by atoms with van der Waals surface area (Å²) in [6.07, 6.45) is 7.46. The van der Waals surface area contributed by atoms with Crippen molar-refractivity contribution in [3.8, 4) is 0 Å². The van der Waals surface area contributed by atoms with Gasteiger partial charge in [0.1, 0.15) is 0 Å². The Morgan fingerprint density at radius 3 is 2.58 bits per heavy atom. The Morgan fingerprint density at radius 2 is 2.17 bits per heavy atom. The van der Waals surface area contributed by atoms with Crippen molar-refractivity contribution in [1.82, 2.24) is 5.32 Å². The minimum atomic E-state index is 0.406. The molecule has 3 N–H and O–H groups in total. The monoisotopic (exact) mass is 204 g/mol. The lowest BCUT2D eigenvalue weighted by Gasteiger charge is -2.26. The van der Waals surface area contributed by atoms with Crippen LogP contribution in [0.2, 0.25) is 0 Å². The van der Waals surface area contributed by atoms with Gasteiger partial charge in [0.15, 0.2) is 5.11 Å². The van der Waals surface area contributed by atoms with Gasteiger partial charge in [-0.15, -0.1) is 0 Å². The number of rotatable bonds is 3. The molecule has 0 bridgehead atoms. The van der Waals surface area contributed by atoms with E-state index in [1.807, 2.05) is 11.8 Å². The predicted octanol–water partition coefficient (Wildman–Crippen LogP) is 1.50. The van der Waals surface area contributed by atoms with Crippen molar-refractivity contribution < 1.29 is 0 Å². The van der Waals surface area contributed by atoms with Crippen molar-refractivity contribution >= 4 is 29.1 Å². The Balaban J connectivity index is 2.39. The van der Waals surface area contributed by atoms with Gasteiger partial charge in [-0.1, -0.05) is 12.8 Å². The van der Waals surface area contributed by atoms with Crippen LogP contribution < -0.4 is 11.1 Å². The van der Waals surface area contributed by atoms with Crippen LogP contribution in [0.4, 0.5) is 0 Å². The fourth-order valence-corrected chi connectivity index (χ4v) is 2.71. The second-order valence-electron chi connectivity index (χ2n) is 3.31. The predicted molar refractivity (Wildman–Crippen MR) is 59.5 cm³/mol. The molecule has 0 unspecified atom stereocenters. The van der Waals surface area contributed by atoms with E-state index in [-0.39, 0.29) is 0 Å². The van der Waals surface area contributed by atoms with Gasteiger partial charge >= 0.3 is 0 Å². The summed E-state index contributed by atoms with van der Waals surface area (Å²) in [7, 11) is 0. The number of thiocarbonyl (C=S) groups is 1. The second-order valence-corrected chi connectivity index (χ2v) is 5.03. The quantitative estimate of drug-likeness (QED) is 0.683. The average molecular weight is 204 g/mol. The van der Waals surface area contributed by atoms with E-state index in [9.17, 15) is 0 Å². The highest BCUT2D eigenvalue weighted by molar-refractivity contribution is 8.00. The Bertz CT molecular complexity index is 164. The standard InChI is InChI=1S/C8H16N2S2/c1-12-8(4-2-3-5-8)6-10-7(9)11/h2-6H2,1H3,(H3,9,10,11). The van der Waals surface area contributed by atoms with E-state index in [1.165, 1.54) is 25.7 Å². The molecule has 70 valence electrons. The van der Waals surface area contributed by atoms with E-state index in [0.29, 0.717) is 9.86 Å². The Hall–Kier alpha value is 0.0400. The summed E-state index contributed by atoms with van der Waals surface area (Å²) in [6, 6.07) is 0. The molecular weight excluding hydrogens is 188 g/mol. The highest BCUT2D eigenvalue weighted by Gasteiger charge is 2.32. The molecule has 0 amide bonds. The zero-order valence-corrected chi connectivity index (χ0v) is 9.06. The lowest BCUT2D eigenvalue weighted by molar-refractivity contribution is 0.592. The summed E-state index contributed by atoms with van der Waals surface area (Å²) in [5.41, 5.74) is 5.40. The van der Waals surface area contributed by atoms with Crippen LogP contribution in [0.3, 0.4) is 0 Å². The molecule has 1 saturated carbocycles. The number of hydrogen-bond acceptors (Lipinski definition) is 2. The molecule has 0 saturated heterocycles. The topological polar surface area (TPSA) is 38.0 Å². The van der Waals surface area contributed by atoms with E-state index in [2.05, 4.69) is 11.6 Å². The number of hydrogen-bond donors (Lipinski definition) is 2. The molecule has 1 rings (SSSR count). The third kappa shape index (κ3) is 2.52. The summed E-state index contributed by atoms with van der Waals surface area (Å²) >= 11 is 6.73. The Morgan fingerprint density at radius 1 is 1.58 bits per heavy atom. The Labute approximate surface area is 83.7 Å². The molecule has 0 spiro atoms. The van der Waals surface area contributed by atoms with Gasteiger partial charge in [0.25, 0.3) is 0 Å². The molecule has 0 aromatic heterocycles. The molecule has 0 radical (unpaired) electrons. The van der Waals surface area contributed by atoms with E-state index in [4.69, 9.17) is 18.0 Å². The van der Waals surface area contributed by atoms with Crippen molar-refractivity contribution in [2.24, 2.45) is 5.73 Å². The highest BCUT2D eigenvalue weighted by atomic mass is 32.2. The largest absolute Gasteiger partial charge is 0.376 e. The van der Waals surface area contributed by atoms with E-state index in [0.717, 1.165) is 6.54 Å². The van der Waals surface area contributed by atoms with Crippen LogP contribution in [0, 0.1) is 0 Å². The molecule has 0 aliphatic heterocycles. The SMILES string of the molecule is CSC1(CNC(N)=S)CCCC1. The van der Waals surface area contributed by atoms with Crippen molar-refractivity contribution in [2.45, 2.75) is 30.4 Å². The maximum atomic E-state index is 5.40. The van der Waals surface area contributed by atoms with E-state index < -0.39 is 0 Å². The molecule has 4 heteroatoms. The third-order valence-corrected chi connectivity index (χ3v) is 4.10. The van der Waals surface area contributed by atoms with Crippen LogP contribution in [0.15, 0.2) is 0 Å². The molecule has 1 fully saturated rings. The molecule has 0 heterocycles. The van der Waals surface area contributed by atoms with Gasteiger partial charge in [-0.05, 0) is 31.3 Å². The van der Waals surface area contributed by atoms with Crippen molar-refractivity contribution in [1.29, 1.82) is 0 Å². The second kappa shape index (κ2) is 4.33. The van der Waals surface area contributed by atoms with E-state index >= 15 is 0 Å². The zero-order chi connectivity index (χ0) is 9.03. The molecule has 0 aromatic rings. The number of nitrogens with one attached hydrogen (secondary N) is 1. The molecule has 12 heavy (non-hydrogen) atoms. The Kier molecular flexibility index (Phi) is 3.65. The molecule has 1 aliphatic carbocycles. The van der Waals surface area contributed by atoms with Gasteiger partial charge < -0.3 is 11.1 Å². The fraction of sp³-hybridized carbons (Fsp3) is 0.875. The van der Waals surface area contributed by atoms with Crippen molar-refractivity contribution in [3.63, 3.8) is 0 Å². The average Bonchev–Trinajstić information content (AvgIpc) is 2.50. The van der Waals surface area contributed by atoms with Crippen LogP contribution in [-0.2, 0) is 0 Å². The summed E-state index contributed by atoms with van der Waals surface area (Å²) in [5, 5.41) is 3.49. The van der Waals surface area contributed by atoms with Gasteiger partial charge in [0, 0.05) is 11.3 Å². The summed E-state index contributed by atoms with van der Waals surface area (Å²) in [4.78, 5) is 0. The maximum absolute atomic E-state index is 5.40. The first-order valence-electron chi connectivity index (χ1n) is 4.27.